The van der Waals surface area contributed by atoms with Crippen LogP contribution in [0.2, 0.25) is 0 Å². The van der Waals surface area contributed by atoms with Gasteiger partial charge in [-0.1, -0.05) is 18.2 Å². The molecule has 2 N–H and O–H groups in total. The summed E-state index contributed by atoms with van der Waals surface area (Å²) in [5.41, 5.74) is -0.197. The maximum atomic E-state index is 13.8. The van der Waals surface area contributed by atoms with Gasteiger partial charge in [0.05, 0.1) is 24.4 Å². The van der Waals surface area contributed by atoms with Gasteiger partial charge in [-0.05, 0) is 30.9 Å². The summed E-state index contributed by atoms with van der Waals surface area (Å²) in [5.74, 6) is -0.532. The van der Waals surface area contributed by atoms with Crippen LogP contribution in [0.3, 0.4) is 0 Å². The molecule has 2 saturated heterocycles. The Kier molecular flexibility index (Phi) is 6.64. The Morgan fingerprint density at radius 1 is 1.34 bits per heavy atom. The van der Waals surface area contributed by atoms with Crippen molar-refractivity contribution in [3.63, 3.8) is 0 Å². The van der Waals surface area contributed by atoms with Gasteiger partial charge >= 0.3 is 0 Å². The lowest BCUT2D eigenvalue weighted by molar-refractivity contribution is -0.119. The smallest absolute Gasteiger partial charge is 0.240 e. The van der Waals surface area contributed by atoms with Crippen LogP contribution in [0.1, 0.15) is 29.7 Å². The van der Waals surface area contributed by atoms with Crippen LogP contribution < -0.4 is 5.32 Å². The van der Waals surface area contributed by atoms with Gasteiger partial charge in [0.1, 0.15) is 5.82 Å². The average Bonchev–Trinajstić information content (AvgIpc) is 3.34. The molecular formula is C21H27FN4O4S2. The highest BCUT2D eigenvalue weighted by molar-refractivity contribution is 7.88. The third-order valence-electron chi connectivity index (χ3n) is 6.27. The molecule has 0 unspecified atom stereocenters. The van der Waals surface area contributed by atoms with Crippen LogP contribution >= 0.6 is 11.3 Å². The Morgan fingerprint density at radius 2 is 2.12 bits per heavy atom. The van der Waals surface area contributed by atoms with E-state index in [9.17, 15) is 22.7 Å². The number of nitrogens with zero attached hydrogens (tertiary/aromatic N) is 3. The quantitative estimate of drug-likeness (QED) is 0.649. The standard InChI is InChI=1S/C21H27FN4O4S2/c1-32(29,30)26-9-4-7-21(26)8-10-25(13-18(21)27)14-19(28)24-20-23-12-16(31-20)11-15-5-2-3-6-17(15)22/h2-3,5-6,12,18,27H,4,7-11,13-14H2,1H3,(H,23,24,28)/t18-,21-/m0/s1. The van der Waals surface area contributed by atoms with Gasteiger partial charge in [-0.25, -0.2) is 17.8 Å². The zero-order valence-electron chi connectivity index (χ0n) is 17.8. The molecule has 3 heterocycles. The van der Waals surface area contributed by atoms with E-state index in [-0.39, 0.29) is 24.8 Å². The number of piperidine rings is 1. The number of anilines is 1. The van der Waals surface area contributed by atoms with Crippen LogP contribution in [0, 0.1) is 5.82 Å². The van der Waals surface area contributed by atoms with Gasteiger partial charge in [0.15, 0.2) is 5.13 Å². The minimum absolute atomic E-state index is 0.0776. The van der Waals surface area contributed by atoms with Gasteiger partial charge in [-0.3, -0.25) is 9.69 Å². The first-order valence-corrected chi connectivity index (χ1v) is 13.2. The average molecular weight is 483 g/mol. The number of likely N-dealkylation sites (tertiary alicyclic amines) is 1. The number of aromatic nitrogens is 1. The van der Waals surface area contributed by atoms with E-state index in [1.54, 1.807) is 24.4 Å². The predicted molar refractivity (Wildman–Crippen MR) is 121 cm³/mol. The number of aliphatic hydroxyl groups excluding tert-OH is 1. The number of carbonyl (C=O) groups is 1. The van der Waals surface area contributed by atoms with Crippen LogP contribution in [0.25, 0.3) is 0 Å². The molecule has 8 nitrogen and oxygen atoms in total. The van der Waals surface area contributed by atoms with Gasteiger partial charge in [0, 0.05) is 37.1 Å². The van der Waals surface area contributed by atoms with E-state index >= 15 is 0 Å². The summed E-state index contributed by atoms with van der Waals surface area (Å²) in [6, 6.07) is 6.55. The van der Waals surface area contributed by atoms with Crippen LogP contribution in [0.15, 0.2) is 30.5 Å². The largest absolute Gasteiger partial charge is 0.390 e. The third kappa shape index (κ3) is 4.86. The van der Waals surface area contributed by atoms with E-state index in [1.807, 2.05) is 4.90 Å². The first kappa shape index (κ1) is 23.2. The van der Waals surface area contributed by atoms with Crippen molar-refractivity contribution in [1.82, 2.24) is 14.2 Å². The Morgan fingerprint density at radius 3 is 2.84 bits per heavy atom. The van der Waals surface area contributed by atoms with Gasteiger partial charge < -0.3 is 10.4 Å². The molecule has 2 fully saturated rings. The number of rotatable bonds is 6. The zero-order chi connectivity index (χ0) is 22.9. The number of benzene rings is 1. The van der Waals surface area contributed by atoms with Gasteiger partial charge in [-0.15, -0.1) is 11.3 Å². The summed E-state index contributed by atoms with van der Waals surface area (Å²) in [4.78, 5) is 19.4. The van der Waals surface area contributed by atoms with E-state index < -0.39 is 21.7 Å². The van der Waals surface area contributed by atoms with E-state index in [1.165, 1.54) is 28.0 Å². The second-order valence-corrected chi connectivity index (χ2v) is 11.5. The number of halogens is 1. The van der Waals surface area contributed by atoms with E-state index in [0.29, 0.717) is 43.0 Å². The normalized spacial score (nSPS) is 24.8. The van der Waals surface area contributed by atoms with Crippen LogP contribution in [-0.4, -0.2) is 77.7 Å². The third-order valence-corrected chi connectivity index (χ3v) is 8.53. The lowest BCUT2D eigenvalue weighted by atomic mass is 9.83. The number of carbonyl (C=O) groups excluding carboxylic acids is 1. The Labute approximate surface area is 191 Å². The molecule has 1 aromatic carbocycles. The molecular weight excluding hydrogens is 455 g/mol. The van der Waals surface area contributed by atoms with Gasteiger partial charge in [0.2, 0.25) is 15.9 Å². The monoisotopic (exact) mass is 482 g/mol. The van der Waals surface area contributed by atoms with Crippen molar-refractivity contribution in [2.45, 2.75) is 37.3 Å². The zero-order valence-corrected chi connectivity index (χ0v) is 19.5. The molecule has 2 aliphatic rings. The summed E-state index contributed by atoms with van der Waals surface area (Å²) < 4.78 is 39.6. The SMILES string of the molecule is CS(=O)(=O)N1CCC[C@@]12CCN(CC(=O)Nc1ncc(Cc3ccccc3F)s1)C[C@@H]2O. The van der Waals surface area contributed by atoms with Crippen LogP contribution in [-0.2, 0) is 21.2 Å². The molecule has 0 radical (unpaired) electrons. The number of thiazole rings is 1. The predicted octanol–water partition coefficient (Wildman–Crippen LogP) is 1.67. The molecule has 0 bridgehead atoms. The Balaban J connectivity index is 1.32. The fourth-order valence-electron chi connectivity index (χ4n) is 4.76. The first-order valence-electron chi connectivity index (χ1n) is 10.5. The molecule has 4 rings (SSSR count). The molecule has 2 atom stereocenters. The highest BCUT2D eigenvalue weighted by atomic mass is 32.2. The topological polar surface area (TPSA) is 103 Å². The molecule has 1 aromatic heterocycles. The molecule has 11 heteroatoms. The van der Waals surface area contributed by atoms with Gasteiger partial charge in [-0.2, -0.15) is 4.31 Å². The van der Waals surface area contributed by atoms with Crippen molar-refractivity contribution in [3.05, 3.63) is 46.7 Å². The minimum atomic E-state index is -3.40. The molecule has 2 aliphatic heterocycles. The van der Waals surface area contributed by atoms with Crippen molar-refractivity contribution >= 4 is 32.4 Å². The molecule has 1 amide bonds. The number of β-amino-alcohol motifs (C(OH)–C–C–N with tert-alkyl or cyclic N) is 1. The number of hydrogen-bond donors (Lipinski definition) is 2. The lowest BCUT2D eigenvalue weighted by Crippen LogP contribution is -2.63. The fourth-order valence-corrected chi connectivity index (χ4v) is 7.04. The number of hydrogen-bond acceptors (Lipinski definition) is 7. The van der Waals surface area contributed by atoms with Crippen LogP contribution in [0.4, 0.5) is 9.52 Å². The Bertz CT molecular complexity index is 1090. The second kappa shape index (κ2) is 9.14. The van der Waals surface area contributed by atoms with Crippen LogP contribution in [0.5, 0.6) is 0 Å². The Hall–Kier alpha value is -1.92. The molecule has 2 aromatic rings. The fraction of sp³-hybridized carbons (Fsp3) is 0.524. The molecule has 0 aliphatic carbocycles. The molecule has 32 heavy (non-hydrogen) atoms. The van der Waals surface area contributed by atoms with E-state index in [4.69, 9.17) is 0 Å². The summed E-state index contributed by atoms with van der Waals surface area (Å²) in [5, 5.41) is 14.0. The number of aliphatic hydroxyl groups is 1. The molecule has 174 valence electrons. The maximum absolute atomic E-state index is 13.8. The van der Waals surface area contributed by atoms with Crippen molar-refractivity contribution in [1.29, 1.82) is 0 Å². The summed E-state index contributed by atoms with van der Waals surface area (Å²) in [7, 11) is -3.40. The first-order chi connectivity index (χ1) is 15.2. The summed E-state index contributed by atoms with van der Waals surface area (Å²) in [6.45, 7) is 1.26. The lowest BCUT2D eigenvalue weighted by Gasteiger charge is -2.47. The molecule has 1 spiro atoms. The van der Waals surface area contributed by atoms with Crippen molar-refractivity contribution < 1.29 is 22.7 Å². The van der Waals surface area contributed by atoms with Gasteiger partial charge in [0.25, 0.3) is 0 Å². The maximum Gasteiger partial charge on any atom is 0.240 e. The number of amides is 1. The number of sulfonamides is 1. The summed E-state index contributed by atoms with van der Waals surface area (Å²) in [6.07, 6.45) is 4.20. The van der Waals surface area contributed by atoms with Crippen molar-refractivity contribution in [3.8, 4) is 0 Å². The van der Waals surface area contributed by atoms with E-state index in [0.717, 1.165) is 11.3 Å². The highest BCUT2D eigenvalue weighted by Gasteiger charge is 2.52. The van der Waals surface area contributed by atoms with Crippen molar-refractivity contribution in [2.75, 3.05) is 37.8 Å². The van der Waals surface area contributed by atoms with E-state index in [2.05, 4.69) is 10.3 Å². The summed E-state index contributed by atoms with van der Waals surface area (Å²) >= 11 is 1.29. The highest BCUT2D eigenvalue weighted by Crippen LogP contribution is 2.40. The second-order valence-electron chi connectivity index (χ2n) is 8.49. The molecule has 0 saturated carbocycles. The number of nitrogens with one attached hydrogen (secondary N) is 1. The minimum Gasteiger partial charge on any atom is -0.390 e. The van der Waals surface area contributed by atoms with Crippen molar-refractivity contribution in [2.24, 2.45) is 0 Å².